The van der Waals surface area contributed by atoms with E-state index in [1.54, 1.807) is 0 Å². The zero-order valence-corrected chi connectivity index (χ0v) is 14.0. The molecule has 0 saturated carbocycles. The lowest BCUT2D eigenvalue weighted by Crippen LogP contribution is -2.64. The normalized spacial score (nSPS) is 27.8. The highest BCUT2D eigenvalue weighted by atomic mass is 16.6. The molecule has 0 aromatic rings. The summed E-state index contributed by atoms with van der Waals surface area (Å²) in [4.78, 5) is 14.7. The molecule has 0 spiro atoms. The minimum atomic E-state index is -0.789. The van der Waals surface area contributed by atoms with E-state index < -0.39 is 11.1 Å². The summed E-state index contributed by atoms with van der Waals surface area (Å²) >= 11 is 0. The maximum Gasteiger partial charge on any atom is 0.329 e. The topological polar surface area (TPSA) is 50.8 Å². The molecule has 0 aromatic carbocycles. The van der Waals surface area contributed by atoms with Gasteiger partial charge >= 0.3 is 5.97 Å². The molecule has 0 aliphatic carbocycles. The van der Waals surface area contributed by atoms with E-state index in [-0.39, 0.29) is 11.6 Å². The second-order valence-corrected chi connectivity index (χ2v) is 6.90. The fraction of sp³-hybridized carbons (Fsp3) is 0.933. The molecule has 1 rings (SSSR count). The number of nitrogens with one attached hydrogen (secondary N) is 1. The van der Waals surface area contributed by atoms with E-state index in [9.17, 15) is 4.79 Å². The fourth-order valence-corrected chi connectivity index (χ4v) is 3.08. The summed E-state index contributed by atoms with van der Waals surface area (Å²) in [6.07, 6.45) is 0.610. The molecule has 1 unspecified atom stereocenters. The average molecular weight is 286 g/mol. The van der Waals surface area contributed by atoms with Crippen molar-refractivity contribution in [2.75, 3.05) is 33.8 Å². The van der Waals surface area contributed by atoms with Gasteiger partial charge in [-0.05, 0) is 48.7 Å². The van der Waals surface area contributed by atoms with Gasteiger partial charge in [-0.3, -0.25) is 5.32 Å². The number of ether oxygens (including phenoxy) is 2. The van der Waals surface area contributed by atoms with Crippen LogP contribution in [-0.2, 0) is 14.3 Å². The molecule has 0 bridgehead atoms. The summed E-state index contributed by atoms with van der Waals surface area (Å²) in [6.45, 7) is 11.7. The largest absolute Gasteiger partial charge is 0.465 e. The Labute approximate surface area is 123 Å². The number of carbonyl (C=O) groups is 1. The maximum absolute atomic E-state index is 12.6. The van der Waals surface area contributed by atoms with Crippen molar-refractivity contribution in [1.82, 2.24) is 10.2 Å². The minimum absolute atomic E-state index is 0.214. The van der Waals surface area contributed by atoms with Crippen molar-refractivity contribution >= 4 is 5.97 Å². The Bertz CT molecular complexity index is 353. The fourth-order valence-electron chi connectivity index (χ4n) is 3.08. The van der Waals surface area contributed by atoms with Crippen molar-refractivity contribution in [2.45, 2.75) is 57.8 Å². The second kappa shape index (κ2) is 6.00. The van der Waals surface area contributed by atoms with Gasteiger partial charge in [0.15, 0.2) is 0 Å². The third-order valence-electron chi connectivity index (χ3n) is 3.86. The van der Waals surface area contributed by atoms with Gasteiger partial charge in [0.2, 0.25) is 0 Å². The van der Waals surface area contributed by atoms with Crippen LogP contribution in [0.2, 0.25) is 0 Å². The average Bonchev–Trinajstić information content (AvgIpc) is 2.44. The molecule has 0 aromatic heterocycles. The second-order valence-electron chi connectivity index (χ2n) is 6.90. The summed E-state index contributed by atoms with van der Waals surface area (Å²) < 4.78 is 11.4. The van der Waals surface area contributed by atoms with Gasteiger partial charge in [-0.25, -0.2) is 4.79 Å². The van der Waals surface area contributed by atoms with Gasteiger partial charge in [-0.2, -0.15) is 0 Å². The molecule has 5 heteroatoms. The van der Waals surface area contributed by atoms with Crippen molar-refractivity contribution in [2.24, 2.45) is 0 Å². The molecule has 0 amide bonds. The Hall–Kier alpha value is -0.650. The molecule has 1 atom stereocenters. The van der Waals surface area contributed by atoms with Crippen LogP contribution < -0.4 is 5.32 Å². The van der Waals surface area contributed by atoms with Crippen LogP contribution in [-0.4, -0.2) is 61.4 Å². The molecule has 1 fully saturated rings. The van der Waals surface area contributed by atoms with Crippen molar-refractivity contribution < 1.29 is 14.3 Å². The van der Waals surface area contributed by atoms with E-state index in [1.807, 2.05) is 48.7 Å². The van der Waals surface area contributed by atoms with Gasteiger partial charge in [0.25, 0.3) is 0 Å². The van der Waals surface area contributed by atoms with E-state index in [2.05, 4.69) is 10.2 Å². The van der Waals surface area contributed by atoms with Gasteiger partial charge in [0, 0.05) is 19.5 Å². The molecule has 1 aliphatic heterocycles. The maximum atomic E-state index is 12.6. The van der Waals surface area contributed by atoms with Gasteiger partial charge in [0.1, 0.15) is 5.54 Å². The number of esters is 1. The van der Waals surface area contributed by atoms with Crippen LogP contribution >= 0.6 is 0 Å². The third kappa shape index (κ3) is 3.51. The van der Waals surface area contributed by atoms with Crippen LogP contribution in [0.15, 0.2) is 0 Å². The number of carbonyl (C=O) groups excluding carboxylic acids is 1. The molecule has 0 radical (unpaired) electrons. The van der Waals surface area contributed by atoms with Gasteiger partial charge < -0.3 is 14.4 Å². The van der Waals surface area contributed by atoms with E-state index in [0.29, 0.717) is 19.6 Å². The minimum Gasteiger partial charge on any atom is -0.465 e. The molecule has 1 saturated heterocycles. The standard InChI is InChI=1S/C15H30N2O3/c1-8-19-12(18)15(16-9-10-17(6)7)11-13(2,3)20-14(15,4)5/h16H,8-11H2,1-7H3. The highest BCUT2D eigenvalue weighted by Gasteiger charge is 2.62. The van der Waals surface area contributed by atoms with Crippen molar-refractivity contribution in [3.63, 3.8) is 0 Å². The van der Waals surface area contributed by atoms with Crippen LogP contribution in [0, 0.1) is 0 Å². The smallest absolute Gasteiger partial charge is 0.329 e. The molecule has 20 heavy (non-hydrogen) atoms. The van der Waals surface area contributed by atoms with Crippen LogP contribution in [0.4, 0.5) is 0 Å². The highest BCUT2D eigenvalue weighted by molar-refractivity contribution is 5.83. The SMILES string of the molecule is CCOC(=O)C1(NCCN(C)C)CC(C)(C)OC1(C)C. The van der Waals surface area contributed by atoms with Gasteiger partial charge in [-0.1, -0.05) is 0 Å². The van der Waals surface area contributed by atoms with Crippen LogP contribution in [0.5, 0.6) is 0 Å². The number of nitrogens with zero attached hydrogens (tertiary/aromatic N) is 1. The number of hydrogen-bond donors (Lipinski definition) is 1. The lowest BCUT2D eigenvalue weighted by Gasteiger charge is -2.38. The number of likely N-dealkylation sites (N-methyl/N-ethyl adjacent to an activating group) is 1. The Morgan fingerprint density at radius 1 is 1.30 bits per heavy atom. The Balaban J connectivity index is 2.98. The zero-order chi connectivity index (χ0) is 15.6. The Morgan fingerprint density at radius 3 is 2.30 bits per heavy atom. The molecule has 1 N–H and O–H groups in total. The molecule has 1 heterocycles. The first-order valence-corrected chi connectivity index (χ1v) is 7.33. The summed E-state index contributed by atoms with van der Waals surface area (Å²) in [6, 6.07) is 0. The van der Waals surface area contributed by atoms with Gasteiger partial charge in [0.05, 0.1) is 17.8 Å². The number of hydrogen-bond acceptors (Lipinski definition) is 5. The van der Waals surface area contributed by atoms with E-state index in [0.717, 1.165) is 6.54 Å². The molecule has 1 aliphatic rings. The highest BCUT2D eigenvalue weighted by Crippen LogP contribution is 2.45. The lowest BCUT2D eigenvalue weighted by molar-refractivity contribution is -0.159. The molecule has 5 nitrogen and oxygen atoms in total. The molecule has 118 valence electrons. The Morgan fingerprint density at radius 2 is 1.90 bits per heavy atom. The lowest BCUT2D eigenvalue weighted by atomic mass is 9.79. The quantitative estimate of drug-likeness (QED) is 0.748. The van der Waals surface area contributed by atoms with E-state index >= 15 is 0 Å². The van der Waals surface area contributed by atoms with Gasteiger partial charge in [-0.15, -0.1) is 0 Å². The third-order valence-corrected chi connectivity index (χ3v) is 3.86. The van der Waals surface area contributed by atoms with Crippen LogP contribution in [0.3, 0.4) is 0 Å². The summed E-state index contributed by atoms with van der Waals surface area (Å²) in [5, 5.41) is 3.42. The first kappa shape index (κ1) is 17.4. The number of rotatable bonds is 6. The summed E-state index contributed by atoms with van der Waals surface area (Å²) in [5.41, 5.74) is -1.74. The summed E-state index contributed by atoms with van der Waals surface area (Å²) in [7, 11) is 4.03. The monoisotopic (exact) mass is 286 g/mol. The van der Waals surface area contributed by atoms with Crippen LogP contribution in [0.1, 0.15) is 41.0 Å². The Kier molecular flexibility index (Phi) is 5.22. The van der Waals surface area contributed by atoms with E-state index in [1.165, 1.54) is 0 Å². The van der Waals surface area contributed by atoms with Crippen LogP contribution in [0.25, 0.3) is 0 Å². The predicted molar refractivity (Wildman–Crippen MR) is 79.8 cm³/mol. The van der Waals surface area contributed by atoms with Crippen molar-refractivity contribution in [3.05, 3.63) is 0 Å². The summed E-state index contributed by atoms with van der Waals surface area (Å²) in [5.74, 6) is -0.214. The zero-order valence-electron chi connectivity index (χ0n) is 14.0. The first-order chi connectivity index (χ1) is 9.06. The first-order valence-electron chi connectivity index (χ1n) is 7.33. The molecular formula is C15H30N2O3. The van der Waals surface area contributed by atoms with Crippen molar-refractivity contribution in [3.8, 4) is 0 Å². The van der Waals surface area contributed by atoms with Crippen molar-refractivity contribution in [1.29, 1.82) is 0 Å². The molecular weight excluding hydrogens is 256 g/mol. The predicted octanol–water partition coefficient (Wildman–Crippen LogP) is 1.42. The van der Waals surface area contributed by atoms with E-state index in [4.69, 9.17) is 9.47 Å².